The van der Waals surface area contributed by atoms with E-state index >= 15 is 0 Å². The van der Waals surface area contributed by atoms with Crippen LogP contribution in [0.4, 0.5) is 17.6 Å². The smallest absolute Gasteiger partial charge is 0.330 e. The molecule has 7 heteroatoms. The molecule has 0 saturated heterocycles. The van der Waals surface area contributed by atoms with E-state index in [2.05, 4.69) is 27.2 Å². The van der Waals surface area contributed by atoms with Crippen molar-refractivity contribution < 1.29 is 27.1 Å². The molecular formula is C9H9BrF4O2. The van der Waals surface area contributed by atoms with Gasteiger partial charge in [-0.25, -0.2) is 22.4 Å². The first kappa shape index (κ1) is 13.5. The van der Waals surface area contributed by atoms with Gasteiger partial charge in [0.15, 0.2) is 30.8 Å². The van der Waals surface area contributed by atoms with E-state index in [-0.39, 0.29) is 0 Å². The highest BCUT2D eigenvalue weighted by molar-refractivity contribution is 9.09. The molecule has 1 saturated carbocycles. The Bertz CT molecular complexity index is 273. The standard InChI is InChI=1S/C9H9BrF4O2/c1-2-3(15)16-9-4(10)5(11)6(12)7(13)8(9)14/h2,4-9H,1H2. The number of carbonyl (C=O) groups is 1. The number of alkyl halides is 5. The molecule has 0 aromatic heterocycles. The molecule has 1 rings (SSSR count). The molecule has 6 unspecified atom stereocenters. The summed E-state index contributed by atoms with van der Waals surface area (Å²) in [5.74, 6) is -1.02. The van der Waals surface area contributed by atoms with Gasteiger partial charge in [-0.2, -0.15) is 0 Å². The molecule has 1 fully saturated rings. The van der Waals surface area contributed by atoms with Crippen molar-refractivity contribution in [2.75, 3.05) is 0 Å². The predicted molar refractivity (Wildman–Crippen MR) is 52.4 cm³/mol. The van der Waals surface area contributed by atoms with Gasteiger partial charge in [-0.3, -0.25) is 0 Å². The molecule has 92 valence electrons. The van der Waals surface area contributed by atoms with Crippen LogP contribution in [0.2, 0.25) is 0 Å². The zero-order valence-electron chi connectivity index (χ0n) is 7.95. The first-order valence-electron chi connectivity index (χ1n) is 4.43. The van der Waals surface area contributed by atoms with Crippen LogP contribution in [0.15, 0.2) is 12.7 Å². The Balaban J connectivity index is 2.82. The molecule has 16 heavy (non-hydrogen) atoms. The summed E-state index contributed by atoms with van der Waals surface area (Å²) in [6.45, 7) is 3.06. The Kier molecular flexibility index (Phi) is 4.35. The van der Waals surface area contributed by atoms with E-state index in [1.807, 2.05) is 0 Å². The van der Waals surface area contributed by atoms with Crippen LogP contribution in [-0.4, -0.2) is 41.6 Å². The van der Waals surface area contributed by atoms with Gasteiger partial charge >= 0.3 is 5.97 Å². The highest BCUT2D eigenvalue weighted by Gasteiger charge is 2.53. The van der Waals surface area contributed by atoms with Crippen molar-refractivity contribution in [1.82, 2.24) is 0 Å². The normalized spacial score (nSPS) is 43.8. The maximum Gasteiger partial charge on any atom is 0.330 e. The van der Waals surface area contributed by atoms with Gasteiger partial charge < -0.3 is 4.74 Å². The number of hydrogen-bond acceptors (Lipinski definition) is 2. The number of ether oxygens (including phenoxy) is 1. The third-order valence-electron chi connectivity index (χ3n) is 2.26. The van der Waals surface area contributed by atoms with Crippen LogP contribution in [0, 0.1) is 0 Å². The fraction of sp³-hybridized carbons (Fsp3) is 0.667. The van der Waals surface area contributed by atoms with Crippen LogP contribution in [-0.2, 0) is 9.53 Å². The Hall–Kier alpha value is -0.590. The fourth-order valence-electron chi connectivity index (χ4n) is 1.38. The van der Waals surface area contributed by atoms with Crippen molar-refractivity contribution >= 4 is 21.9 Å². The van der Waals surface area contributed by atoms with Crippen molar-refractivity contribution in [3.05, 3.63) is 12.7 Å². The Morgan fingerprint density at radius 1 is 1.12 bits per heavy atom. The van der Waals surface area contributed by atoms with E-state index in [0.717, 1.165) is 6.08 Å². The number of halogens is 5. The summed E-state index contributed by atoms with van der Waals surface area (Å²) in [6.07, 6.45) is -10.9. The molecule has 0 heterocycles. The lowest BCUT2D eigenvalue weighted by Crippen LogP contribution is -2.57. The average molecular weight is 305 g/mol. The lowest BCUT2D eigenvalue weighted by molar-refractivity contribution is -0.155. The van der Waals surface area contributed by atoms with Crippen LogP contribution >= 0.6 is 15.9 Å². The summed E-state index contributed by atoms with van der Waals surface area (Å²) in [4.78, 5) is 9.38. The Labute approximate surface area is 97.8 Å². The Morgan fingerprint density at radius 3 is 2.12 bits per heavy atom. The third kappa shape index (κ3) is 2.39. The SMILES string of the molecule is C=CC(=O)OC1C(F)C(F)C(F)C(F)C1Br. The summed E-state index contributed by atoms with van der Waals surface area (Å²) in [6, 6.07) is 0. The molecule has 0 radical (unpaired) electrons. The molecule has 0 aromatic carbocycles. The summed E-state index contributed by atoms with van der Waals surface area (Å²) in [7, 11) is 0. The quantitative estimate of drug-likeness (QED) is 0.338. The minimum absolute atomic E-state index is 0.731. The van der Waals surface area contributed by atoms with Crippen LogP contribution in [0.25, 0.3) is 0 Å². The van der Waals surface area contributed by atoms with Crippen molar-refractivity contribution in [3.63, 3.8) is 0 Å². The van der Waals surface area contributed by atoms with E-state index in [1.54, 1.807) is 0 Å². The van der Waals surface area contributed by atoms with Crippen molar-refractivity contribution in [2.24, 2.45) is 0 Å². The summed E-state index contributed by atoms with van der Waals surface area (Å²) >= 11 is 2.65. The molecular weight excluding hydrogens is 296 g/mol. The topological polar surface area (TPSA) is 26.3 Å². The first-order chi connectivity index (χ1) is 7.40. The highest BCUT2D eigenvalue weighted by Crippen LogP contribution is 2.35. The third-order valence-corrected chi connectivity index (χ3v) is 3.29. The molecule has 1 aliphatic carbocycles. The van der Waals surface area contributed by atoms with Gasteiger partial charge in [0.1, 0.15) is 0 Å². The summed E-state index contributed by atoms with van der Waals surface area (Å²) < 4.78 is 56.7. The van der Waals surface area contributed by atoms with Crippen molar-refractivity contribution in [1.29, 1.82) is 0 Å². The van der Waals surface area contributed by atoms with E-state index in [1.165, 1.54) is 0 Å². The van der Waals surface area contributed by atoms with Crippen LogP contribution in [0.1, 0.15) is 0 Å². The molecule has 0 amide bonds. The van der Waals surface area contributed by atoms with Gasteiger partial charge in [-0.05, 0) is 0 Å². The molecule has 0 bridgehead atoms. The van der Waals surface area contributed by atoms with Gasteiger partial charge in [-0.15, -0.1) is 0 Å². The maximum atomic E-state index is 13.3. The van der Waals surface area contributed by atoms with E-state index < -0.39 is 41.6 Å². The van der Waals surface area contributed by atoms with Gasteiger partial charge in [0.2, 0.25) is 0 Å². The number of esters is 1. The van der Waals surface area contributed by atoms with Gasteiger partial charge in [0.05, 0.1) is 4.83 Å². The molecule has 6 atom stereocenters. The van der Waals surface area contributed by atoms with E-state index in [0.29, 0.717) is 0 Å². The largest absolute Gasteiger partial charge is 0.455 e. The molecule has 0 N–H and O–H groups in total. The lowest BCUT2D eigenvalue weighted by atomic mass is 9.90. The lowest BCUT2D eigenvalue weighted by Gasteiger charge is -2.36. The van der Waals surface area contributed by atoms with Crippen molar-refractivity contribution in [2.45, 2.75) is 35.6 Å². The number of rotatable bonds is 2. The molecule has 2 nitrogen and oxygen atoms in total. The van der Waals surface area contributed by atoms with E-state index in [9.17, 15) is 22.4 Å². The second-order valence-electron chi connectivity index (χ2n) is 3.33. The average Bonchev–Trinajstić information content (AvgIpc) is 2.29. The molecule has 0 spiro atoms. The minimum Gasteiger partial charge on any atom is -0.455 e. The number of hydrogen-bond donors (Lipinski definition) is 0. The van der Waals surface area contributed by atoms with Crippen molar-refractivity contribution in [3.8, 4) is 0 Å². The van der Waals surface area contributed by atoms with Crippen LogP contribution in [0.3, 0.4) is 0 Å². The maximum absolute atomic E-state index is 13.3. The summed E-state index contributed by atoms with van der Waals surface area (Å²) in [5.41, 5.74) is 0. The van der Waals surface area contributed by atoms with E-state index in [4.69, 9.17) is 0 Å². The predicted octanol–water partition coefficient (Wildman–Crippen LogP) is 2.21. The second-order valence-corrected chi connectivity index (χ2v) is 4.39. The first-order valence-corrected chi connectivity index (χ1v) is 5.35. The minimum atomic E-state index is -2.65. The van der Waals surface area contributed by atoms with Gasteiger partial charge in [0, 0.05) is 6.08 Å². The van der Waals surface area contributed by atoms with Gasteiger partial charge in [0.25, 0.3) is 0 Å². The van der Waals surface area contributed by atoms with Crippen LogP contribution in [0.5, 0.6) is 0 Å². The molecule has 0 aliphatic heterocycles. The zero-order chi connectivity index (χ0) is 12.5. The van der Waals surface area contributed by atoms with Gasteiger partial charge in [-0.1, -0.05) is 22.5 Å². The fourth-order valence-corrected chi connectivity index (χ4v) is 2.07. The highest BCUT2D eigenvalue weighted by atomic mass is 79.9. The zero-order valence-corrected chi connectivity index (χ0v) is 9.54. The monoisotopic (exact) mass is 304 g/mol. The second kappa shape index (κ2) is 5.16. The van der Waals surface area contributed by atoms with Crippen LogP contribution < -0.4 is 0 Å². The Morgan fingerprint density at radius 2 is 1.62 bits per heavy atom. The summed E-state index contributed by atoms with van der Waals surface area (Å²) in [5, 5.41) is 0. The molecule has 0 aromatic rings. The molecule has 1 aliphatic rings. The number of carbonyl (C=O) groups excluding carboxylic acids is 1.